The van der Waals surface area contributed by atoms with Crippen molar-refractivity contribution < 1.29 is 13.2 Å². The van der Waals surface area contributed by atoms with E-state index in [4.69, 9.17) is 18.0 Å². The minimum Gasteiger partial charge on any atom is -0.389 e. The van der Waals surface area contributed by atoms with Gasteiger partial charge in [-0.05, 0) is 18.9 Å². The average Bonchev–Trinajstić information content (AvgIpc) is 2.63. The minimum atomic E-state index is -3.03. The van der Waals surface area contributed by atoms with Gasteiger partial charge >= 0.3 is 0 Å². The fraction of sp³-hybridized carbons (Fsp3) is 0.429. The van der Waals surface area contributed by atoms with E-state index in [1.807, 2.05) is 0 Å². The molecular weight excluding hydrogens is 308 g/mol. The number of nitrogens with one attached hydrogen (secondary N) is 1. The molecule has 114 valence electrons. The van der Waals surface area contributed by atoms with Crippen LogP contribution in [0.1, 0.15) is 24.5 Å². The molecular formula is C14H18N2O3S2. The highest BCUT2D eigenvalue weighted by Crippen LogP contribution is 2.22. The van der Waals surface area contributed by atoms with Gasteiger partial charge < -0.3 is 11.1 Å². The van der Waals surface area contributed by atoms with Gasteiger partial charge in [0.1, 0.15) is 4.99 Å². The summed E-state index contributed by atoms with van der Waals surface area (Å²) in [6.07, 6.45) is 0.661. The van der Waals surface area contributed by atoms with Crippen LogP contribution in [-0.4, -0.2) is 36.4 Å². The Morgan fingerprint density at radius 2 is 2.00 bits per heavy atom. The zero-order chi connectivity index (χ0) is 15.7. The highest BCUT2D eigenvalue weighted by molar-refractivity contribution is 7.91. The van der Waals surface area contributed by atoms with Gasteiger partial charge in [0.2, 0.25) is 5.91 Å². The molecule has 1 saturated heterocycles. The first-order valence-corrected chi connectivity index (χ1v) is 8.82. The minimum absolute atomic E-state index is 0.00607. The van der Waals surface area contributed by atoms with Crippen molar-refractivity contribution in [2.24, 2.45) is 5.73 Å². The van der Waals surface area contributed by atoms with Crippen LogP contribution in [0.3, 0.4) is 0 Å². The van der Waals surface area contributed by atoms with Crippen LogP contribution in [0.2, 0.25) is 0 Å². The van der Waals surface area contributed by atoms with Crippen LogP contribution in [0, 0.1) is 0 Å². The Morgan fingerprint density at radius 3 is 2.48 bits per heavy atom. The van der Waals surface area contributed by atoms with E-state index < -0.39 is 15.4 Å². The van der Waals surface area contributed by atoms with Crippen LogP contribution in [-0.2, 0) is 21.1 Å². The molecule has 0 radical (unpaired) electrons. The summed E-state index contributed by atoms with van der Waals surface area (Å²) in [7, 11) is -3.03. The molecule has 1 aromatic carbocycles. The van der Waals surface area contributed by atoms with E-state index in [9.17, 15) is 13.2 Å². The third kappa shape index (κ3) is 4.25. The molecule has 1 heterocycles. The second-order valence-corrected chi connectivity index (χ2v) is 8.31. The molecule has 0 bridgehead atoms. The van der Waals surface area contributed by atoms with Crippen LogP contribution in [0.4, 0.5) is 0 Å². The second-order valence-electron chi connectivity index (χ2n) is 5.69. The lowest BCUT2D eigenvalue weighted by Crippen LogP contribution is -2.47. The van der Waals surface area contributed by atoms with E-state index in [0.717, 1.165) is 11.1 Å². The molecule has 0 aromatic heterocycles. The lowest BCUT2D eigenvalue weighted by Gasteiger charge is -2.23. The molecule has 1 aromatic rings. The van der Waals surface area contributed by atoms with Crippen molar-refractivity contribution in [2.45, 2.75) is 25.3 Å². The lowest BCUT2D eigenvalue weighted by atomic mass is 10.0. The van der Waals surface area contributed by atoms with Gasteiger partial charge in [-0.15, -0.1) is 0 Å². The van der Waals surface area contributed by atoms with Crippen LogP contribution < -0.4 is 11.1 Å². The van der Waals surface area contributed by atoms with Gasteiger partial charge in [-0.1, -0.05) is 36.5 Å². The highest BCUT2D eigenvalue weighted by Gasteiger charge is 2.39. The Morgan fingerprint density at radius 1 is 1.38 bits per heavy atom. The quantitative estimate of drug-likeness (QED) is 0.789. The monoisotopic (exact) mass is 326 g/mol. The highest BCUT2D eigenvalue weighted by atomic mass is 32.2. The number of rotatable bonds is 4. The molecule has 1 unspecified atom stereocenters. The van der Waals surface area contributed by atoms with Crippen molar-refractivity contribution in [3.8, 4) is 0 Å². The van der Waals surface area contributed by atoms with E-state index in [1.165, 1.54) is 0 Å². The Balaban J connectivity index is 1.97. The SMILES string of the molecule is CC1(NC(=O)Cc2ccc(C(N)=S)cc2)CCS(=O)(=O)C1. The maximum absolute atomic E-state index is 12.0. The van der Waals surface area contributed by atoms with Crippen molar-refractivity contribution in [1.29, 1.82) is 0 Å². The number of thiocarbonyl (C=S) groups is 1. The van der Waals surface area contributed by atoms with E-state index >= 15 is 0 Å². The lowest BCUT2D eigenvalue weighted by molar-refractivity contribution is -0.121. The largest absolute Gasteiger partial charge is 0.389 e. The van der Waals surface area contributed by atoms with Crippen LogP contribution in [0.25, 0.3) is 0 Å². The summed E-state index contributed by atoms with van der Waals surface area (Å²) in [5.74, 6) is -0.0453. The summed E-state index contributed by atoms with van der Waals surface area (Å²) >= 11 is 4.87. The fourth-order valence-corrected chi connectivity index (χ4v) is 4.69. The molecule has 0 spiro atoms. The number of nitrogens with two attached hydrogens (primary N) is 1. The molecule has 1 aliphatic heterocycles. The molecule has 1 fully saturated rings. The van der Waals surface area contributed by atoms with Crippen molar-refractivity contribution >= 4 is 33.0 Å². The first-order chi connectivity index (χ1) is 9.69. The molecule has 5 nitrogen and oxygen atoms in total. The molecule has 0 saturated carbocycles. The van der Waals surface area contributed by atoms with Crippen molar-refractivity contribution in [3.05, 3.63) is 35.4 Å². The number of carbonyl (C=O) groups excluding carboxylic acids is 1. The average molecular weight is 326 g/mol. The van der Waals surface area contributed by atoms with Gasteiger partial charge in [-0.25, -0.2) is 8.42 Å². The standard InChI is InChI=1S/C14H18N2O3S2/c1-14(6-7-21(18,19)9-14)16-12(17)8-10-2-4-11(5-3-10)13(15)20/h2-5H,6-9H2,1H3,(H2,15,20)(H,16,17). The first-order valence-electron chi connectivity index (χ1n) is 6.59. The Hall–Kier alpha value is -1.47. The second kappa shape index (κ2) is 5.73. The van der Waals surface area contributed by atoms with E-state index in [0.29, 0.717) is 11.4 Å². The number of amides is 1. The summed E-state index contributed by atoms with van der Waals surface area (Å²) in [6, 6.07) is 7.13. The predicted octanol–water partition coefficient (Wildman–Crippen LogP) is 0.557. The third-order valence-corrected chi connectivity index (χ3v) is 5.69. The summed E-state index contributed by atoms with van der Waals surface area (Å²) < 4.78 is 23.0. The molecule has 21 heavy (non-hydrogen) atoms. The number of sulfone groups is 1. The van der Waals surface area contributed by atoms with Crippen LogP contribution >= 0.6 is 12.2 Å². The third-order valence-electron chi connectivity index (χ3n) is 3.55. The maximum atomic E-state index is 12.0. The number of benzene rings is 1. The van der Waals surface area contributed by atoms with Crippen LogP contribution in [0.15, 0.2) is 24.3 Å². The zero-order valence-electron chi connectivity index (χ0n) is 11.8. The topological polar surface area (TPSA) is 89.3 Å². The van der Waals surface area contributed by atoms with Crippen molar-refractivity contribution in [3.63, 3.8) is 0 Å². The molecule has 1 aliphatic rings. The zero-order valence-corrected chi connectivity index (χ0v) is 13.4. The first kappa shape index (κ1) is 15.9. The molecule has 1 amide bonds. The van der Waals surface area contributed by atoms with Gasteiger partial charge in [0, 0.05) is 5.56 Å². The summed E-state index contributed by atoms with van der Waals surface area (Å²) in [5.41, 5.74) is 6.44. The van der Waals surface area contributed by atoms with Gasteiger partial charge in [-0.3, -0.25) is 4.79 Å². The van der Waals surface area contributed by atoms with Crippen LogP contribution in [0.5, 0.6) is 0 Å². The van der Waals surface area contributed by atoms with Crippen molar-refractivity contribution in [1.82, 2.24) is 5.32 Å². The molecule has 2 rings (SSSR count). The molecule has 1 atom stereocenters. The Kier molecular flexibility index (Phi) is 4.34. The summed E-state index contributed by atoms with van der Waals surface area (Å²) in [4.78, 5) is 12.4. The van der Waals surface area contributed by atoms with Crippen molar-refractivity contribution in [2.75, 3.05) is 11.5 Å². The predicted molar refractivity (Wildman–Crippen MR) is 85.9 cm³/mol. The molecule has 3 N–H and O–H groups in total. The number of hydrogen-bond acceptors (Lipinski definition) is 4. The van der Waals surface area contributed by atoms with E-state index in [2.05, 4.69) is 5.32 Å². The summed E-state index contributed by atoms with van der Waals surface area (Å²) in [5, 5.41) is 2.83. The maximum Gasteiger partial charge on any atom is 0.224 e. The van der Waals surface area contributed by atoms with E-state index in [1.54, 1.807) is 31.2 Å². The van der Waals surface area contributed by atoms with E-state index in [-0.39, 0.29) is 23.8 Å². The van der Waals surface area contributed by atoms with Gasteiger partial charge in [0.15, 0.2) is 9.84 Å². The normalized spacial score (nSPS) is 23.7. The Labute approximate surface area is 129 Å². The Bertz CT molecular complexity index is 668. The fourth-order valence-electron chi connectivity index (χ4n) is 2.46. The van der Waals surface area contributed by atoms with Gasteiger partial charge in [0.05, 0.1) is 23.5 Å². The molecule has 7 heteroatoms. The molecule has 0 aliphatic carbocycles. The smallest absolute Gasteiger partial charge is 0.224 e. The number of carbonyl (C=O) groups is 1. The van der Waals surface area contributed by atoms with Gasteiger partial charge in [0.25, 0.3) is 0 Å². The summed E-state index contributed by atoms with van der Waals surface area (Å²) in [6.45, 7) is 1.77. The number of hydrogen-bond donors (Lipinski definition) is 2. The van der Waals surface area contributed by atoms with Gasteiger partial charge in [-0.2, -0.15) is 0 Å².